The van der Waals surface area contributed by atoms with Crippen LogP contribution in [0.5, 0.6) is 11.5 Å². The Morgan fingerprint density at radius 2 is 1.07 bits per heavy atom. The van der Waals surface area contributed by atoms with Gasteiger partial charge in [-0.3, -0.25) is 40.9 Å². The van der Waals surface area contributed by atoms with Crippen molar-refractivity contribution < 1.29 is 29.4 Å². The number of benzene rings is 2. The quantitative estimate of drug-likeness (QED) is 0.0714. The average Bonchev–Trinajstić information content (AvgIpc) is 3.05. The van der Waals surface area contributed by atoms with E-state index in [0.29, 0.717) is 6.42 Å². The molecule has 0 aromatic heterocycles. The zero-order valence-electron chi connectivity index (χ0n) is 27.9. The molecule has 0 aliphatic rings. The van der Waals surface area contributed by atoms with Crippen LogP contribution in [0, 0.1) is 5.92 Å². The summed E-state index contributed by atoms with van der Waals surface area (Å²) in [4.78, 5) is 51.3. The van der Waals surface area contributed by atoms with Crippen molar-refractivity contribution in [3.63, 3.8) is 0 Å². The molecule has 0 aliphatic carbocycles. The van der Waals surface area contributed by atoms with Crippen LogP contribution in [0.1, 0.15) is 143 Å². The zero-order valence-corrected chi connectivity index (χ0v) is 27.9. The number of phenols is 2. The van der Waals surface area contributed by atoms with Crippen LogP contribution in [-0.4, -0.2) is 33.8 Å². The van der Waals surface area contributed by atoms with Crippen LogP contribution in [0.25, 0.3) is 0 Å². The monoisotopic (exact) mass is 638 g/mol. The first-order valence-corrected chi connectivity index (χ1v) is 17.0. The molecule has 2 rings (SSSR count). The Morgan fingerprint density at radius 1 is 0.587 bits per heavy atom. The van der Waals surface area contributed by atoms with Crippen LogP contribution in [0.15, 0.2) is 36.4 Å². The molecule has 2 aromatic rings. The number of phenolic OH excluding ortho intramolecular Hbond substituents is 2. The van der Waals surface area contributed by atoms with Crippen molar-refractivity contribution in [3.8, 4) is 11.5 Å². The van der Waals surface area contributed by atoms with Crippen LogP contribution in [0.4, 0.5) is 0 Å². The van der Waals surface area contributed by atoms with E-state index < -0.39 is 29.5 Å². The van der Waals surface area contributed by atoms with E-state index in [1.54, 1.807) is 24.3 Å². The highest BCUT2D eigenvalue weighted by Gasteiger charge is 2.22. The van der Waals surface area contributed by atoms with Gasteiger partial charge >= 0.3 is 0 Å². The summed E-state index contributed by atoms with van der Waals surface area (Å²) in [5.41, 5.74) is 11.7. The lowest BCUT2D eigenvalue weighted by Gasteiger charge is -2.18. The number of aryl methyl sites for hydroxylation is 2. The normalized spacial score (nSPS) is 11.5. The van der Waals surface area contributed by atoms with Crippen LogP contribution in [0.2, 0.25) is 0 Å². The molecule has 2 aromatic carbocycles. The van der Waals surface area contributed by atoms with Crippen molar-refractivity contribution in [2.75, 3.05) is 0 Å². The van der Waals surface area contributed by atoms with Crippen molar-refractivity contribution in [1.82, 2.24) is 21.7 Å². The molecule has 0 bridgehead atoms. The van der Waals surface area contributed by atoms with E-state index in [1.807, 2.05) is 0 Å². The van der Waals surface area contributed by atoms with Crippen molar-refractivity contribution >= 4 is 23.6 Å². The van der Waals surface area contributed by atoms with Gasteiger partial charge in [0.2, 0.25) is 11.8 Å². The summed E-state index contributed by atoms with van der Waals surface area (Å²) < 4.78 is 0. The molecular weight excluding hydrogens is 584 g/mol. The Labute approximate surface area is 274 Å². The maximum atomic E-state index is 13.1. The first-order valence-electron chi connectivity index (χ1n) is 17.0. The fraction of sp³-hybridized carbons (Fsp3) is 0.556. The van der Waals surface area contributed by atoms with E-state index in [4.69, 9.17) is 0 Å². The number of amides is 4. The first kappa shape index (κ1) is 38.1. The molecule has 254 valence electrons. The predicted octanol–water partition coefficient (Wildman–Crippen LogP) is 6.54. The molecule has 1 atom stereocenters. The fourth-order valence-electron chi connectivity index (χ4n) is 5.25. The van der Waals surface area contributed by atoms with E-state index in [9.17, 15) is 29.4 Å². The third-order valence-electron chi connectivity index (χ3n) is 8.11. The van der Waals surface area contributed by atoms with Gasteiger partial charge < -0.3 is 10.2 Å². The highest BCUT2D eigenvalue weighted by molar-refractivity contribution is 5.98. The lowest BCUT2D eigenvalue weighted by molar-refractivity contribution is -0.127. The number of carbonyl (C=O) groups is 4. The molecule has 1 unspecified atom stereocenters. The molecule has 0 fully saturated rings. The lowest BCUT2D eigenvalue weighted by atomic mass is 9.95. The summed E-state index contributed by atoms with van der Waals surface area (Å²) in [6, 6.07) is 9.80. The molecule has 4 amide bonds. The SMILES string of the molecule is CCCCCCCC(CCC(=O)NNC(=O)c1cc(CCCCC)ccc1O)C(=O)NNC(=O)c1cc(CCCCC)ccc1O. The molecule has 0 spiro atoms. The second-order valence-electron chi connectivity index (χ2n) is 12.0. The summed E-state index contributed by atoms with van der Waals surface area (Å²) in [6.07, 6.45) is 13.5. The summed E-state index contributed by atoms with van der Waals surface area (Å²) in [5.74, 6) is -3.07. The molecule has 0 aliphatic heterocycles. The smallest absolute Gasteiger partial charge is 0.273 e. The Kier molecular flexibility index (Phi) is 17.9. The number of nitrogens with one attached hydrogen (secondary N) is 4. The van der Waals surface area contributed by atoms with Gasteiger partial charge in [-0.2, -0.15) is 0 Å². The minimum absolute atomic E-state index is 0.0368. The lowest BCUT2D eigenvalue weighted by Crippen LogP contribution is -2.45. The van der Waals surface area contributed by atoms with Crippen molar-refractivity contribution in [2.24, 2.45) is 5.92 Å². The number of hydrogen-bond donors (Lipinski definition) is 6. The molecule has 0 heterocycles. The van der Waals surface area contributed by atoms with Gasteiger partial charge in [0.25, 0.3) is 11.8 Å². The molecule has 0 saturated heterocycles. The highest BCUT2D eigenvalue weighted by Crippen LogP contribution is 2.22. The first-order chi connectivity index (χ1) is 22.2. The number of unbranched alkanes of at least 4 members (excludes halogenated alkanes) is 8. The summed E-state index contributed by atoms with van der Waals surface area (Å²) >= 11 is 0. The maximum Gasteiger partial charge on any atom is 0.273 e. The molecule has 6 N–H and O–H groups in total. The molecule has 10 nitrogen and oxygen atoms in total. The third kappa shape index (κ3) is 13.9. The Morgan fingerprint density at radius 3 is 1.59 bits per heavy atom. The Bertz CT molecular complexity index is 1270. The molecule has 0 saturated carbocycles. The molecule has 0 radical (unpaired) electrons. The van der Waals surface area contributed by atoms with Gasteiger partial charge in [-0.15, -0.1) is 0 Å². The standard InChI is InChI=1S/C36H54N4O6/c1-4-7-10-11-14-17-28(34(44)38-40-36(46)30-25-27(16-13-9-6-3)19-22-32(30)42)20-23-33(43)37-39-35(45)29-24-26(15-12-8-5-2)18-21-31(29)41/h18-19,21-22,24-25,28,41-42H,4-17,20,23H2,1-3H3,(H,37,43)(H,38,44)(H,39,45)(H,40,46). The second-order valence-corrected chi connectivity index (χ2v) is 12.0. The van der Waals surface area contributed by atoms with Gasteiger partial charge in [-0.05, 0) is 73.9 Å². The summed E-state index contributed by atoms with van der Waals surface area (Å²) in [5, 5.41) is 20.4. The minimum atomic E-state index is -0.631. The second kappa shape index (κ2) is 21.6. The zero-order chi connectivity index (χ0) is 33.7. The summed E-state index contributed by atoms with van der Waals surface area (Å²) in [6.45, 7) is 6.35. The number of carbonyl (C=O) groups excluding carboxylic acids is 4. The Hall–Kier alpha value is -4.08. The van der Waals surface area contributed by atoms with Gasteiger partial charge in [0, 0.05) is 12.3 Å². The predicted molar refractivity (Wildman–Crippen MR) is 180 cm³/mol. The number of rotatable bonds is 20. The molecule has 46 heavy (non-hydrogen) atoms. The van der Waals surface area contributed by atoms with Crippen molar-refractivity contribution in [2.45, 2.75) is 124 Å². The van der Waals surface area contributed by atoms with E-state index >= 15 is 0 Å². The van der Waals surface area contributed by atoms with Crippen LogP contribution in [0.3, 0.4) is 0 Å². The minimum Gasteiger partial charge on any atom is -0.507 e. The summed E-state index contributed by atoms with van der Waals surface area (Å²) in [7, 11) is 0. The number of hydrazine groups is 2. The van der Waals surface area contributed by atoms with Gasteiger partial charge in [0.15, 0.2) is 0 Å². The fourth-order valence-corrected chi connectivity index (χ4v) is 5.25. The van der Waals surface area contributed by atoms with Gasteiger partial charge in [-0.25, -0.2) is 0 Å². The number of aromatic hydroxyl groups is 2. The maximum absolute atomic E-state index is 13.1. The Balaban J connectivity index is 1.95. The third-order valence-corrected chi connectivity index (χ3v) is 8.11. The van der Waals surface area contributed by atoms with Crippen LogP contribution in [-0.2, 0) is 22.4 Å². The van der Waals surface area contributed by atoms with Gasteiger partial charge in [0.1, 0.15) is 11.5 Å². The average molecular weight is 639 g/mol. The van der Waals surface area contributed by atoms with E-state index in [1.165, 1.54) is 12.1 Å². The van der Waals surface area contributed by atoms with Crippen LogP contribution < -0.4 is 21.7 Å². The topological polar surface area (TPSA) is 157 Å². The highest BCUT2D eigenvalue weighted by atomic mass is 16.3. The van der Waals surface area contributed by atoms with E-state index in [0.717, 1.165) is 94.6 Å². The van der Waals surface area contributed by atoms with Gasteiger partial charge in [0.05, 0.1) is 11.1 Å². The number of hydrogen-bond acceptors (Lipinski definition) is 6. The van der Waals surface area contributed by atoms with Crippen molar-refractivity contribution in [1.29, 1.82) is 0 Å². The van der Waals surface area contributed by atoms with Crippen LogP contribution >= 0.6 is 0 Å². The largest absolute Gasteiger partial charge is 0.507 e. The van der Waals surface area contributed by atoms with Crippen molar-refractivity contribution in [3.05, 3.63) is 58.7 Å². The molecular formula is C36H54N4O6. The molecule has 10 heteroatoms. The van der Waals surface area contributed by atoms with Gasteiger partial charge in [-0.1, -0.05) is 90.7 Å². The van der Waals surface area contributed by atoms with E-state index in [-0.39, 0.29) is 35.5 Å². The van der Waals surface area contributed by atoms with E-state index in [2.05, 4.69) is 42.5 Å².